The van der Waals surface area contributed by atoms with Crippen molar-refractivity contribution in [3.63, 3.8) is 0 Å². The van der Waals surface area contributed by atoms with Gasteiger partial charge in [-0.25, -0.2) is 19.9 Å². The molecule has 166 valence electrons. The molecule has 4 heterocycles. The van der Waals surface area contributed by atoms with Crippen molar-refractivity contribution in [2.45, 2.75) is 38.0 Å². The summed E-state index contributed by atoms with van der Waals surface area (Å²) in [6.07, 6.45) is 10.1. The Labute approximate surface area is 195 Å². The molecular formula is C24H22ClN7O. The SMILES string of the molecule is CC1(c2ccc(Cl)cc2)C(=O)Nc2nc(-c3cn4ccnc4c(CC4CCC4)n3)nc(N)c21. The van der Waals surface area contributed by atoms with Crippen LogP contribution in [-0.2, 0) is 16.6 Å². The van der Waals surface area contributed by atoms with E-state index in [0.717, 1.165) is 23.3 Å². The van der Waals surface area contributed by atoms with Gasteiger partial charge in [-0.3, -0.25) is 4.79 Å². The van der Waals surface area contributed by atoms with Crippen LogP contribution in [0.3, 0.4) is 0 Å². The van der Waals surface area contributed by atoms with E-state index in [2.05, 4.69) is 20.3 Å². The van der Waals surface area contributed by atoms with E-state index in [1.54, 1.807) is 18.3 Å². The maximum atomic E-state index is 13.1. The number of nitrogens with zero attached hydrogens (tertiary/aromatic N) is 5. The van der Waals surface area contributed by atoms with Gasteiger partial charge in [0.1, 0.15) is 22.7 Å². The lowest BCUT2D eigenvalue weighted by Gasteiger charge is -2.25. The molecule has 0 radical (unpaired) electrons. The first kappa shape index (κ1) is 20.1. The Balaban J connectivity index is 1.46. The maximum Gasteiger partial charge on any atom is 0.240 e. The number of aromatic nitrogens is 5. The highest BCUT2D eigenvalue weighted by Gasteiger charge is 2.47. The van der Waals surface area contributed by atoms with E-state index in [-0.39, 0.29) is 11.7 Å². The molecule has 4 aromatic rings. The van der Waals surface area contributed by atoms with E-state index in [4.69, 9.17) is 22.3 Å². The van der Waals surface area contributed by atoms with Gasteiger partial charge in [-0.2, -0.15) is 0 Å². The molecule has 1 saturated carbocycles. The van der Waals surface area contributed by atoms with Gasteiger partial charge < -0.3 is 15.5 Å². The minimum atomic E-state index is -1.01. The predicted octanol–water partition coefficient (Wildman–Crippen LogP) is 4.02. The summed E-state index contributed by atoms with van der Waals surface area (Å²) in [5.41, 5.74) is 9.14. The van der Waals surface area contributed by atoms with Crippen molar-refractivity contribution in [1.82, 2.24) is 24.3 Å². The highest BCUT2D eigenvalue weighted by molar-refractivity contribution is 6.30. The molecule has 2 aliphatic rings. The molecule has 1 aliphatic heterocycles. The van der Waals surface area contributed by atoms with E-state index in [1.165, 1.54) is 19.3 Å². The molecule has 3 N–H and O–H groups in total. The fraction of sp³-hybridized carbons (Fsp3) is 0.292. The number of carbonyl (C=O) groups is 1. The number of hydrogen-bond donors (Lipinski definition) is 2. The molecule has 8 nitrogen and oxygen atoms in total. The quantitative estimate of drug-likeness (QED) is 0.476. The predicted molar refractivity (Wildman–Crippen MR) is 126 cm³/mol. The van der Waals surface area contributed by atoms with Gasteiger partial charge in [0.2, 0.25) is 5.91 Å². The molecule has 1 amide bonds. The minimum Gasteiger partial charge on any atom is -0.383 e. The Bertz CT molecular complexity index is 1410. The molecule has 33 heavy (non-hydrogen) atoms. The number of fused-ring (bicyclic) bond motifs is 2. The van der Waals surface area contributed by atoms with Crippen molar-refractivity contribution >= 4 is 34.8 Å². The Morgan fingerprint density at radius 3 is 2.73 bits per heavy atom. The number of nitrogens with two attached hydrogens (primary N) is 1. The lowest BCUT2D eigenvalue weighted by atomic mass is 9.78. The molecular weight excluding hydrogens is 438 g/mol. The maximum absolute atomic E-state index is 13.1. The van der Waals surface area contributed by atoms with Crippen LogP contribution in [0.2, 0.25) is 5.02 Å². The molecule has 3 aromatic heterocycles. The van der Waals surface area contributed by atoms with Crippen LogP contribution in [0.1, 0.15) is 43.0 Å². The van der Waals surface area contributed by atoms with Crippen LogP contribution in [0.15, 0.2) is 42.9 Å². The van der Waals surface area contributed by atoms with Gasteiger partial charge >= 0.3 is 0 Å². The van der Waals surface area contributed by atoms with Crippen LogP contribution in [0.25, 0.3) is 17.2 Å². The number of benzene rings is 1. The van der Waals surface area contributed by atoms with Crippen LogP contribution >= 0.6 is 11.6 Å². The topological polar surface area (TPSA) is 111 Å². The number of rotatable bonds is 4. The number of carbonyl (C=O) groups excluding carboxylic acids is 1. The number of nitrogens with one attached hydrogen (secondary N) is 1. The average Bonchev–Trinajstić information content (AvgIpc) is 3.34. The number of anilines is 2. The molecule has 1 fully saturated rings. The molecule has 0 saturated heterocycles. The van der Waals surface area contributed by atoms with Crippen molar-refractivity contribution in [2.75, 3.05) is 11.1 Å². The summed E-state index contributed by atoms with van der Waals surface area (Å²) in [6, 6.07) is 7.16. The Hall–Kier alpha value is -3.52. The van der Waals surface area contributed by atoms with E-state index in [1.807, 2.05) is 35.9 Å². The standard InChI is InChI=1S/C24H22ClN7O/c1-24(14-5-7-15(25)8-6-14)18-19(26)29-20(30-21(18)31-23(24)33)17-12-32-10-9-27-22(32)16(28-17)11-13-3-2-4-13/h5-10,12-13H,2-4,11H2,1H3,(H3,26,29,30,31,33). The third-order valence-electron chi connectivity index (χ3n) is 6.92. The van der Waals surface area contributed by atoms with Crippen molar-refractivity contribution in [2.24, 2.45) is 5.92 Å². The number of hydrogen-bond acceptors (Lipinski definition) is 6. The summed E-state index contributed by atoms with van der Waals surface area (Å²) in [4.78, 5) is 31.7. The second-order valence-corrected chi connectivity index (χ2v) is 9.41. The van der Waals surface area contributed by atoms with Crippen molar-refractivity contribution in [3.8, 4) is 11.5 Å². The van der Waals surface area contributed by atoms with Gasteiger partial charge in [-0.05, 0) is 37.0 Å². The summed E-state index contributed by atoms with van der Waals surface area (Å²) in [5, 5.41) is 3.50. The number of amides is 1. The molecule has 1 unspecified atom stereocenters. The third kappa shape index (κ3) is 3.08. The fourth-order valence-electron chi connectivity index (χ4n) is 4.79. The Morgan fingerprint density at radius 1 is 1.21 bits per heavy atom. The van der Waals surface area contributed by atoms with E-state index in [0.29, 0.717) is 33.8 Å². The molecule has 9 heteroatoms. The second kappa shape index (κ2) is 7.25. The summed E-state index contributed by atoms with van der Waals surface area (Å²) in [7, 11) is 0. The zero-order valence-corrected chi connectivity index (χ0v) is 18.8. The second-order valence-electron chi connectivity index (χ2n) is 8.97. The first-order valence-corrected chi connectivity index (χ1v) is 11.4. The zero-order valence-electron chi connectivity index (χ0n) is 18.0. The van der Waals surface area contributed by atoms with Gasteiger partial charge in [-0.15, -0.1) is 0 Å². The molecule has 6 rings (SSSR count). The largest absolute Gasteiger partial charge is 0.383 e. The monoisotopic (exact) mass is 459 g/mol. The van der Waals surface area contributed by atoms with Crippen molar-refractivity contribution < 1.29 is 4.79 Å². The van der Waals surface area contributed by atoms with Crippen LogP contribution in [0, 0.1) is 5.92 Å². The average molecular weight is 460 g/mol. The van der Waals surface area contributed by atoms with Crippen LogP contribution in [0.5, 0.6) is 0 Å². The summed E-state index contributed by atoms with van der Waals surface area (Å²) < 4.78 is 1.94. The van der Waals surface area contributed by atoms with E-state index >= 15 is 0 Å². The lowest BCUT2D eigenvalue weighted by molar-refractivity contribution is -0.119. The number of nitrogen functional groups attached to an aromatic ring is 1. The molecule has 1 aliphatic carbocycles. The van der Waals surface area contributed by atoms with Crippen LogP contribution in [-0.4, -0.2) is 30.2 Å². The van der Waals surface area contributed by atoms with Gasteiger partial charge in [-0.1, -0.05) is 43.0 Å². The highest BCUT2D eigenvalue weighted by atomic mass is 35.5. The van der Waals surface area contributed by atoms with E-state index in [9.17, 15) is 4.79 Å². The van der Waals surface area contributed by atoms with E-state index < -0.39 is 5.41 Å². The highest BCUT2D eigenvalue weighted by Crippen LogP contribution is 2.45. The van der Waals surface area contributed by atoms with Crippen molar-refractivity contribution in [3.05, 3.63) is 64.7 Å². The van der Waals surface area contributed by atoms with Gasteiger partial charge in [0.05, 0.1) is 11.3 Å². The molecule has 1 aromatic carbocycles. The number of imidazole rings is 1. The zero-order chi connectivity index (χ0) is 22.7. The van der Waals surface area contributed by atoms with Crippen LogP contribution < -0.4 is 11.1 Å². The normalized spacial score (nSPS) is 20.0. The fourth-order valence-corrected chi connectivity index (χ4v) is 4.92. The Kier molecular flexibility index (Phi) is 4.42. The Morgan fingerprint density at radius 2 is 2.00 bits per heavy atom. The van der Waals surface area contributed by atoms with Gasteiger partial charge in [0.25, 0.3) is 0 Å². The first-order valence-electron chi connectivity index (χ1n) is 11.0. The summed E-state index contributed by atoms with van der Waals surface area (Å²) in [6.45, 7) is 1.82. The van der Waals surface area contributed by atoms with Crippen molar-refractivity contribution in [1.29, 1.82) is 0 Å². The van der Waals surface area contributed by atoms with Crippen LogP contribution in [0.4, 0.5) is 11.6 Å². The number of halogens is 1. The first-order chi connectivity index (χ1) is 15.9. The van der Waals surface area contributed by atoms with Gasteiger partial charge in [0.15, 0.2) is 11.5 Å². The molecule has 0 spiro atoms. The smallest absolute Gasteiger partial charge is 0.240 e. The third-order valence-corrected chi connectivity index (χ3v) is 7.18. The lowest BCUT2D eigenvalue weighted by Crippen LogP contribution is -2.32. The molecule has 1 atom stereocenters. The van der Waals surface area contributed by atoms with Gasteiger partial charge in [0, 0.05) is 23.6 Å². The summed E-state index contributed by atoms with van der Waals surface area (Å²) >= 11 is 6.05. The molecule has 0 bridgehead atoms. The minimum absolute atomic E-state index is 0.207. The summed E-state index contributed by atoms with van der Waals surface area (Å²) in [5.74, 6) is 1.46.